The van der Waals surface area contributed by atoms with Crippen molar-refractivity contribution in [3.05, 3.63) is 58.6 Å². The molecule has 33 heavy (non-hydrogen) atoms. The molecule has 2 aliphatic heterocycles. The molecule has 0 aliphatic carbocycles. The lowest BCUT2D eigenvalue weighted by Gasteiger charge is -2.35. The van der Waals surface area contributed by atoms with Crippen LogP contribution in [0, 0.1) is 0 Å². The van der Waals surface area contributed by atoms with E-state index in [2.05, 4.69) is 33.2 Å². The Bertz CT molecular complexity index is 932. The van der Waals surface area contributed by atoms with Crippen molar-refractivity contribution < 1.29 is 14.3 Å². The molecule has 2 saturated heterocycles. The number of halogens is 1. The molecule has 2 aromatic carbocycles. The first-order valence-electron chi connectivity index (χ1n) is 11.8. The quantitative estimate of drug-likeness (QED) is 0.541. The second-order valence-corrected chi connectivity index (χ2v) is 8.89. The molecule has 2 heterocycles. The average Bonchev–Trinajstić information content (AvgIpc) is 3.32. The fraction of sp³-hybridized carbons (Fsp3) is 0.480. The second-order valence-electron chi connectivity index (χ2n) is 8.46. The first kappa shape index (κ1) is 23.8. The Morgan fingerprint density at radius 1 is 1.03 bits per heavy atom. The van der Waals surface area contributed by atoms with E-state index in [-0.39, 0.29) is 24.2 Å². The maximum absolute atomic E-state index is 12.8. The molecular formula is C25H33ClN4O3. The van der Waals surface area contributed by atoms with Crippen LogP contribution in [0.5, 0.6) is 11.5 Å². The molecule has 178 valence electrons. The summed E-state index contributed by atoms with van der Waals surface area (Å²) in [7, 11) is 0. The molecule has 2 aromatic rings. The fourth-order valence-electron chi connectivity index (χ4n) is 4.51. The van der Waals surface area contributed by atoms with Crippen LogP contribution >= 0.6 is 11.6 Å². The van der Waals surface area contributed by atoms with Gasteiger partial charge in [-0.2, -0.15) is 0 Å². The van der Waals surface area contributed by atoms with Gasteiger partial charge in [-0.15, -0.1) is 0 Å². The van der Waals surface area contributed by atoms with Gasteiger partial charge in [-0.3, -0.25) is 9.69 Å². The summed E-state index contributed by atoms with van der Waals surface area (Å²) in [6.07, 6.45) is 3.11. The van der Waals surface area contributed by atoms with Crippen molar-refractivity contribution in [1.29, 1.82) is 0 Å². The topological polar surface area (TPSA) is 74.9 Å². The van der Waals surface area contributed by atoms with Crippen LogP contribution in [0.3, 0.4) is 0 Å². The van der Waals surface area contributed by atoms with Crippen LogP contribution in [-0.2, 0) is 0 Å². The van der Waals surface area contributed by atoms with Crippen molar-refractivity contribution in [2.45, 2.75) is 51.4 Å². The van der Waals surface area contributed by atoms with E-state index >= 15 is 0 Å². The second kappa shape index (κ2) is 11.2. The maximum Gasteiger partial charge on any atom is 0.251 e. The van der Waals surface area contributed by atoms with Gasteiger partial charge in [-0.05, 0) is 69.0 Å². The Balaban J connectivity index is 1.27. The summed E-state index contributed by atoms with van der Waals surface area (Å²) in [5, 5.41) is 3.95. The number of likely N-dealkylation sites (tertiary alicyclic amines) is 1. The SMILES string of the molecule is CCOc1ccc(C(=O)NC2CCN(C3CC(c4ccc(Cl)cc4)NN3)CC2)cc1OCC. The van der Waals surface area contributed by atoms with E-state index in [0.717, 1.165) is 37.4 Å². The maximum atomic E-state index is 12.8. The van der Waals surface area contributed by atoms with Crippen LogP contribution in [0.25, 0.3) is 0 Å². The van der Waals surface area contributed by atoms with Gasteiger partial charge in [-0.1, -0.05) is 23.7 Å². The minimum absolute atomic E-state index is 0.0686. The first-order chi connectivity index (χ1) is 16.1. The van der Waals surface area contributed by atoms with Crippen LogP contribution in [0.15, 0.2) is 42.5 Å². The highest BCUT2D eigenvalue weighted by molar-refractivity contribution is 6.30. The van der Waals surface area contributed by atoms with Crippen molar-refractivity contribution in [3.8, 4) is 11.5 Å². The number of benzene rings is 2. The molecule has 2 atom stereocenters. The molecule has 2 fully saturated rings. The number of hydrogen-bond donors (Lipinski definition) is 3. The molecule has 1 amide bonds. The molecule has 2 aliphatic rings. The minimum atomic E-state index is -0.0686. The van der Waals surface area contributed by atoms with Gasteiger partial charge in [0.15, 0.2) is 11.5 Å². The van der Waals surface area contributed by atoms with Crippen molar-refractivity contribution >= 4 is 17.5 Å². The third kappa shape index (κ3) is 5.98. The third-order valence-electron chi connectivity index (χ3n) is 6.27. The number of nitrogens with one attached hydrogen (secondary N) is 3. The number of rotatable bonds is 8. The summed E-state index contributed by atoms with van der Waals surface area (Å²) in [5.41, 5.74) is 8.67. The summed E-state index contributed by atoms with van der Waals surface area (Å²) in [4.78, 5) is 15.3. The minimum Gasteiger partial charge on any atom is -0.490 e. The molecule has 3 N–H and O–H groups in total. The van der Waals surface area contributed by atoms with E-state index in [1.165, 1.54) is 5.56 Å². The largest absolute Gasteiger partial charge is 0.490 e. The molecule has 0 aromatic heterocycles. The molecular weight excluding hydrogens is 440 g/mol. The Morgan fingerprint density at radius 3 is 2.42 bits per heavy atom. The van der Waals surface area contributed by atoms with Crippen LogP contribution in [0.4, 0.5) is 0 Å². The average molecular weight is 473 g/mol. The number of hydrogen-bond acceptors (Lipinski definition) is 6. The standard InChI is InChI=1S/C25H33ClN4O3/c1-3-32-22-10-7-18(15-23(22)33-4-2)25(31)27-20-11-13-30(14-12-20)24-16-21(28-29-24)17-5-8-19(26)9-6-17/h5-10,15,20-21,24,28-29H,3-4,11-14,16H2,1-2H3,(H,27,31). The summed E-state index contributed by atoms with van der Waals surface area (Å²) < 4.78 is 11.3. The van der Waals surface area contributed by atoms with Crippen LogP contribution < -0.4 is 25.6 Å². The molecule has 0 radical (unpaired) electrons. The molecule has 7 nitrogen and oxygen atoms in total. The van der Waals surface area contributed by atoms with E-state index < -0.39 is 0 Å². The molecule has 0 spiro atoms. The van der Waals surface area contributed by atoms with Crippen molar-refractivity contribution in [1.82, 2.24) is 21.1 Å². The molecule has 2 unspecified atom stereocenters. The number of amides is 1. The number of carbonyl (C=O) groups is 1. The third-order valence-corrected chi connectivity index (χ3v) is 6.52. The molecule has 4 rings (SSSR count). The first-order valence-corrected chi connectivity index (χ1v) is 12.2. The molecule has 0 bridgehead atoms. The summed E-state index contributed by atoms with van der Waals surface area (Å²) in [6.45, 7) is 6.79. The van der Waals surface area contributed by atoms with Gasteiger partial charge in [0.05, 0.1) is 19.4 Å². The van der Waals surface area contributed by atoms with Gasteiger partial charge >= 0.3 is 0 Å². The predicted molar refractivity (Wildman–Crippen MR) is 130 cm³/mol. The Kier molecular flexibility index (Phi) is 8.09. The normalized spacial score (nSPS) is 21.7. The number of piperidine rings is 1. The van der Waals surface area contributed by atoms with Crippen LogP contribution in [0.1, 0.15) is 55.1 Å². The van der Waals surface area contributed by atoms with Gasteiger partial charge in [0.2, 0.25) is 0 Å². The van der Waals surface area contributed by atoms with E-state index in [1.807, 2.05) is 32.0 Å². The van der Waals surface area contributed by atoms with Crippen molar-refractivity contribution in [3.63, 3.8) is 0 Å². The zero-order valence-corrected chi connectivity index (χ0v) is 20.0. The van der Waals surface area contributed by atoms with Crippen LogP contribution in [-0.4, -0.2) is 49.3 Å². The Labute approximate surface area is 200 Å². The van der Waals surface area contributed by atoms with Crippen molar-refractivity contribution in [2.75, 3.05) is 26.3 Å². The predicted octanol–water partition coefficient (Wildman–Crippen LogP) is 3.90. The number of carbonyl (C=O) groups excluding carboxylic acids is 1. The monoisotopic (exact) mass is 472 g/mol. The fourth-order valence-corrected chi connectivity index (χ4v) is 4.64. The van der Waals surface area contributed by atoms with E-state index in [4.69, 9.17) is 21.1 Å². The highest BCUT2D eigenvalue weighted by atomic mass is 35.5. The van der Waals surface area contributed by atoms with Gasteiger partial charge in [0.25, 0.3) is 5.91 Å². The lowest BCUT2D eigenvalue weighted by atomic mass is 10.0. The van der Waals surface area contributed by atoms with Gasteiger partial charge in [0, 0.05) is 35.8 Å². The molecule has 0 saturated carbocycles. The zero-order chi connectivity index (χ0) is 23.2. The van der Waals surface area contributed by atoms with Crippen LogP contribution in [0.2, 0.25) is 5.02 Å². The number of hydrazine groups is 1. The van der Waals surface area contributed by atoms with E-state index in [9.17, 15) is 4.79 Å². The smallest absolute Gasteiger partial charge is 0.251 e. The number of ether oxygens (including phenoxy) is 2. The highest BCUT2D eigenvalue weighted by Crippen LogP contribution is 2.29. The highest BCUT2D eigenvalue weighted by Gasteiger charge is 2.32. The van der Waals surface area contributed by atoms with E-state index in [1.54, 1.807) is 12.1 Å². The Morgan fingerprint density at radius 2 is 1.73 bits per heavy atom. The molecule has 8 heteroatoms. The van der Waals surface area contributed by atoms with Gasteiger partial charge < -0.3 is 14.8 Å². The van der Waals surface area contributed by atoms with Crippen molar-refractivity contribution in [2.24, 2.45) is 0 Å². The summed E-state index contributed by atoms with van der Waals surface area (Å²) in [5.74, 6) is 1.21. The van der Waals surface area contributed by atoms with E-state index in [0.29, 0.717) is 30.3 Å². The number of nitrogens with zero attached hydrogens (tertiary/aromatic N) is 1. The Hall–Kier alpha value is -2.32. The lowest BCUT2D eigenvalue weighted by Crippen LogP contribution is -2.51. The zero-order valence-electron chi connectivity index (χ0n) is 19.3. The lowest BCUT2D eigenvalue weighted by molar-refractivity contribution is 0.0879. The van der Waals surface area contributed by atoms with Gasteiger partial charge in [0.1, 0.15) is 0 Å². The summed E-state index contributed by atoms with van der Waals surface area (Å²) >= 11 is 6.01. The van der Waals surface area contributed by atoms with Gasteiger partial charge in [-0.25, -0.2) is 10.9 Å². The summed E-state index contributed by atoms with van der Waals surface area (Å²) in [6, 6.07) is 13.8.